The van der Waals surface area contributed by atoms with E-state index in [2.05, 4.69) is 34.9 Å². The Labute approximate surface area is 131 Å². The van der Waals surface area contributed by atoms with Crippen molar-refractivity contribution in [2.45, 2.75) is 25.3 Å². The minimum Gasteiger partial charge on any atom is -0.338 e. The smallest absolute Gasteiger partial charge is 0.315 e. The van der Waals surface area contributed by atoms with Crippen molar-refractivity contribution >= 4 is 6.03 Å². The molecule has 1 aliphatic carbocycles. The molecule has 1 aliphatic rings. The fraction of sp³-hybridized carbons (Fsp3) is 0.316. The molecule has 1 atom stereocenters. The predicted octanol–water partition coefficient (Wildman–Crippen LogP) is 3.68. The summed E-state index contributed by atoms with van der Waals surface area (Å²) >= 11 is 0. The van der Waals surface area contributed by atoms with E-state index in [1.807, 2.05) is 36.4 Å². The van der Waals surface area contributed by atoms with Crippen LogP contribution in [0.25, 0.3) is 0 Å². The average molecular weight is 294 g/mol. The highest BCUT2D eigenvalue weighted by Crippen LogP contribution is 2.40. The van der Waals surface area contributed by atoms with E-state index in [0.717, 1.165) is 6.42 Å². The van der Waals surface area contributed by atoms with E-state index in [0.29, 0.717) is 12.5 Å². The molecule has 0 radical (unpaired) electrons. The summed E-state index contributed by atoms with van der Waals surface area (Å²) in [4.78, 5) is 12.1. The minimum absolute atomic E-state index is 0.0725. The van der Waals surface area contributed by atoms with Gasteiger partial charge in [0.2, 0.25) is 0 Å². The summed E-state index contributed by atoms with van der Waals surface area (Å²) in [5.74, 6) is 0.585. The normalized spacial score (nSPS) is 15.1. The van der Waals surface area contributed by atoms with Gasteiger partial charge in [-0.05, 0) is 36.3 Å². The third-order valence-corrected chi connectivity index (χ3v) is 4.08. The van der Waals surface area contributed by atoms with Gasteiger partial charge in [0.05, 0.1) is 6.04 Å². The zero-order chi connectivity index (χ0) is 15.2. The third kappa shape index (κ3) is 4.10. The fourth-order valence-electron chi connectivity index (χ4n) is 2.72. The second kappa shape index (κ2) is 7.12. The molecule has 3 nitrogen and oxygen atoms in total. The van der Waals surface area contributed by atoms with Gasteiger partial charge in [-0.2, -0.15) is 0 Å². The van der Waals surface area contributed by atoms with Crippen LogP contribution in [0, 0.1) is 5.92 Å². The van der Waals surface area contributed by atoms with Crippen LogP contribution in [0.5, 0.6) is 0 Å². The molecule has 3 heteroatoms. The standard InChI is InChI=1S/C19H22N2O/c22-19(20-14-13-15-7-3-1-4-8-15)21-18(17-11-12-17)16-9-5-2-6-10-16/h1-10,17-18H,11-14H2,(H2,20,21,22)/t18-/m1/s1. The maximum Gasteiger partial charge on any atom is 0.315 e. The maximum atomic E-state index is 12.1. The lowest BCUT2D eigenvalue weighted by molar-refractivity contribution is 0.235. The number of hydrogen-bond acceptors (Lipinski definition) is 1. The van der Waals surface area contributed by atoms with E-state index in [1.165, 1.54) is 24.0 Å². The second-order valence-electron chi connectivity index (χ2n) is 5.86. The Morgan fingerprint density at radius 1 is 1.00 bits per heavy atom. The molecule has 2 amide bonds. The largest absolute Gasteiger partial charge is 0.338 e. The van der Waals surface area contributed by atoms with Crippen LogP contribution >= 0.6 is 0 Å². The summed E-state index contributed by atoms with van der Waals surface area (Å²) < 4.78 is 0. The highest BCUT2D eigenvalue weighted by atomic mass is 16.2. The molecule has 0 aliphatic heterocycles. The van der Waals surface area contributed by atoms with Crippen molar-refractivity contribution in [2.24, 2.45) is 5.92 Å². The van der Waals surface area contributed by atoms with Gasteiger partial charge in [-0.3, -0.25) is 0 Å². The van der Waals surface area contributed by atoms with Gasteiger partial charge >= 0.3 is 6.03 Å². The molecule has 0 saturated heterocycles. The summed E-state index contributed by atoms with van der Waals surface area (Å²) in [5, 5.41) is 6.10. The zero-order valence-electron chi connectivity index (χ0n) is 12.7. The van der Waals surface area contributed by atoms with Gasteiger partial charge in [0, 0.05) is 6.54 Å². The number of urea groups is 1. The maximum absolute atomic E-state index is 12.1. The van der Waals surface area contributed by atoms with Crippen LogP contribution in [0.3, 0.4) is 0 Å². The van der Waals surface area contributed by atoms with Crippen LogP contribution in [0.4, 0.5) is 4.79 Å². The Hall–Kier alpha value is -2.29. The van der Waals surface area contributed by atoms with Gasteiger partial charge in [-0.15, -0.1) is 0 Å². The minimum atomic E-state index is -0.0725. The Kier molecular flexibility index (Phi) is 4.74. The Balaban J connectivity index is 1.49. The van der Waals surface area contributed by atoms with E-state index in [-0.39, 0.29) is 12.1 Å². The molecule has 0 unspecified atom stereocenters. The first-order valence-corrected chi connectivity index (χ1v) is 7.96. The lowest BCUT2D eigenvalue weighted by Gasteiger charge is -2.19. The predicted molar refractivity (Wildman–Crippen MR) is 88.6 cm³/mol. The summed E-state index contributed by atoms with van der Waals surface area (Å²) in [6, 6.07) is 20.5. The first-order chi connectivity index (χ1) is 10.8. The highest BCUT2D eigenvalue weighted by molar-refractivity contribution is 5.74. The molecular formula is C19H22N2O. The summed E-state index contributed by atoms with van der Waals surface area (Å²) in [6.45, 7) is 0.655. The molecule has 3 rings (SSSR count). The molecule has 0 aromatic heterocycles. The molecule has 2 aromatic carbocycles. The lowest BCUT2D eigenvalue weighted by Crippen LogP contribution is -2.39. The molecule has 2 aromatic rings. The van der Waals surface area contributed by atoms with Gasteiger partial charge in [-0.1, -0.05) is 60.7 Å². The van der Waals surface area contributed by atoms with E-state index in [1.54, 1.807) is 0 Å². The number of carbonyl (C=O) groups excluding carboxylic acids is 1. The first kappa shape index (κ1) is 14.6. The zero-order valence-corrected chi connectivity index (χ0v) is 12.7. The first-order valence-electron chi connectivity index (χ1n) is 7.96. The molecule has 0 bridgehead atoms. The Morgan fingerprint density at radius 2 is 1.64 bits per heavy atom. The lowest BCUT2D eigenvalue weighted by atomic mass is 10.0. The van der Waals surface area contributed by atoms with Crippen molar-refractivity contribution in [3.8, 4) is 0 Å². The molecule has 0 spiro atoms. The van der Waals surface area contributed by atoms with Crippen LogP contribution in [0.15, 0.2) is 60.7 Å². The number of hydrogen-bond donors (Lipinski definition) is 2. The molecule has 114 valence electrons. The van der Waals surface area contributed by atoms with E-state index in [4.69, 9.17) is 0 Å². The van der Waals surface area contributed by atoms with Crippen molar-refractivity contribution < 1.29 is 4.79 Å². The Bertz CT molecular complexity index is 593. The van der Waals surface area contributed by atoms with Crippen LogP contribution in [-0.2, 0) is 6.42 Å². The fourth-order valence-corrected chi connectivity index (χ4v) is 2.72. The van der Waals surface area contributed by atoms with E-state index < -0.39 is 0 Å². The van der Waals surface area contributed by atoms with Gasteiger partial charge in [-0.25, -0.2) is 4.79 Å². The second-order valence-corrected chi connectivity index (χ2v) is 5.86. The number of amides is 2. The third-order valence-electron chi connectivity index (χ3n) is 4.08. The topological polar surface area (TPSA) is 41.1 Å². The van der Waals surface area contributed by atoms with Crippen molar-refractivity contribution in [2.75, 3.05) is 6.54 Å². The molecular weight excluding hydrogens is 272 g/mol. The van der Waals surface area contributed by atoms with Crippen molar-refractivity contribution in [1.29, 1.82) is 0 Å². The highest BCUT2D eigenvalue weighted by Gasteiger charge is 2.33. The number of benzene rings is 2. The monoisotopic (exact) mass is 294 g/mol. The number of carbonyl (C=O) groups is 1. The number of rotatable bonds is 6. The Morgan fingerprint density at radius 3 is 2.27 bits per heavy atom. The van der Waals surface area contributed by atoms with Gasteiger partial charge in [0.15, 0.2) is 0 Å². The van der Waals surface area contributed by atoms with Gasteiger partial charge in [0.25, 0.3) is 0 Å². The summed E-state index contributed by atoms with van der Waals surface area (Å²) in [5.41, 5.74) is 2.44. The van der Waals surface area contributed by atoms with Crippen molar-refractivity contribution in [1.82, 2.24) is 10.6 Å². The SMILES string of the molecule is O=C(NCCc1ccccc1)N[C@H](c1ccccc1)C1CC1. The average Bonchev–Trinajstić information content (AvgIpc) is 3.39. The summed E-state index contributed by atoms with van der Waals surface area (Å²) in [6.07, 6.45) is 3.25. The molecule has 0 heterocycles. The van der Waals surface area contributed by atoms with Crippen molar-refractivity contribution in [3.05, 3.63) is 71.8 Å². The van der Waals surface area contributed by atoms with Crippen LogP contribution in [0.1, 0.15) is 30.0 Å². The molecule has 2 N–H and O–H groups in total. The van der Waals surface area contributed by atoms with E-state index in [9.17, 15) is 4.79 Å². The van der Waals surface area contributed by atoms with E-state index >= 15 is 0 Å². The van der Waals surface area contributed by atoms with Crippen molar-refractivity contribution in [3.63, 3.8) is 0 Å². The molecule has 22 heavy (non-hydrogen) atoms. The number of nitrogens with one attached hydrogen (secondary N) is 2. The van der Waals surface area contributed by atoms with Crippen LogP contribution < -0.4 is 10.6 Å². The van der Waals surface area contributed by atoms with Gasteiger partial charge in [0.1, 0.15) is 0 Å². The summed E-state index contributed by atoms with van der Waals surface area (Å²) in [7, 11) is 0. The molecule has 1 fully saturated rings. The van der Waals surface area contributed by atoms with Crippen LogP contribution in [-0.4, -0.2) is 12.6 Å². The molecule has 1 saturated carbocycles. The van der Waals surface area contributed by atoms with Gasteiger partial charge < -0.3 is 10.6 Å². The van der Waals surface area contributed by atoms with Crippen LogP contribution in [0.2, 0.25) is 0 Å². The quantitative estimate of drug-likeness (QED) is 0.838.